The second-order valence-corrected chi connectivity index (χ2v) is 4.17. The van der Waals surface area contributed by atoms with Gasteiger partial charge in [0.25, 0.3) is 0 Å². The fraction of sp³-hybridized carbons (Fsp3) is 0.286. The minimum absolute atomic E-state index is 1.01. The Labute approximate surface area is 102 Å². The molecule has 1 aromatic heterocycles. The number of nitrogens with one attached hydrogen (secondary N) is 2. The van der Waals surface area contributed by atoms with Crippen molar-refractivity contribution in [1.29, 1.82) is 0 Å². The summed E-state index contributed by atoms with van der Waals surface area (Å²) in [6.45, 7) is 1.01. The van der Waals surface area contributed by atoms with Crippen LogP contribution in [0, 0.1) is 0 Å². The summed E-state index contributed by atoms with van der Waals surface area (Å²) in [7, 11) is 4.07. The molecule has 0 radical (unpaired) electrons. The fourth-order valence-corrected chi connectivity index (χ4v) is 1.84. The second kappa shape index (κ2) is 5.43. The highest BCUT2D eigenvalue weighted by molar-refractivity contribution is 5.57. The third-order valence-corrected chi connectivity index (χ3v) is 2.95. The average molecular weight is 229 g/mol. The number of rotatable bonds is 5. The van der Waals surface area contributed by atoms with Crippen LogP contribution < -0.4 is 10.2 Å². The van der Waals surface area contributed by atoms with E-state index in [-0.39, 0.29) is 0 Å². The van der Waals surface area contributed by atoms with Crippen molar-refractivity contribution in [2.75, 3.05) is 30.9 Å². The summed E-state index contributed by atoms with van der Waals surface area (Å²) >= 11 is 0. The molecule has 1 aromatic carbocycles. The van der Waals surface area contributed by atoms with Crippen LogP contribution in [0.5, 0.6) is 0 Å². The fourth-order valence-electron chi connectivity index (χ4n) is 1.84. The number of nitrogens with zero attached hydrogens (tertiary/aromatic N) is 1. The van der Waals surface area contributed by atoms with Crippen molar-refractivity contribution in [3.8, 4) is 0 Å². The number of hydrogen-bond acceptors (Lipinski definition) is 2. The summed E-state index contributed by atoms with van der Waals surface area (Å²) in [6, 6.07) is 12.6. The highest BCUT2D eigenvalue weighted by Gasteiger charge is 2.02. The van der Waals surface area contributed by atoms with Crippen LogP contribution in [0.1, 0.15) is 5.69 Å². The predicted octanol–water partition coefficient (Wildman–Crippen LogP) is 2.74. The zero-order valence-corrected chi connectivity index (χ0v) is 10.4. The molecule has 2 rings (SSSR count). The normalized spacial score (nSPS) is 10.2. The van der Waals surface area contributed by atoms with Gasteiger partial charge in [-0.2, -0.15) is 0 Å². The number of likely N-dealkylation sites (N-methyl/N-ethyl adjacent to an activating group) is 1. The summed E-state index contributed by atoms with van der Waals surface area (Å²) in [5.74, 6) is 0. The lowest BCUT2D eigenvalue weighted by Gasteiger charge is -2.19. The Bertz CT molecular complexity index is 448. The largest absolute Gasteiger partial charge is 0.388 e. The molecule has 0 aliphatic heterocycles. The molecule has 3 heteroatoms. The SMILES string of the molecule is CNc1cccc(N(C)CCc2ccc[nH]2)c1. The van der Waals surface area contributed by atoms with E-state index in [2.05, 4.69) is 52.6 Å². The van der Waals surface area contributed by atoms with Gasteiger partial charge in [0.05, 0.1) is 0 Å². The highest BCUT2D eigenvalue weighted by Crippen LogP contribution is 2.18. The molecule has 0 amide bonds. The van der Waals surface area contributed by atoms with Crippen LogP contribution in [-0.2, 0) is 6.42 Å². The summed E-state index contributed by atoms with van der Waals surface area (Å²) in [5, 5.41) is 3.16. The number of hydrogen-bond donors (Lipinski definition) is 2. The minimum Gasteiger partial charge on any atom is -0.388 e. The first-order valence-electron chi connectivity index (χ1n) is 5.91. The molecule has 0 spiro atoms. The molecule has 2 N–H and O–H groups in total. The van der Waals surface area contributed by atoms with Gasteiger partial charge in [-0.1, -0.05) is 6.07 Å². The van der Waals surface area contributed by atoms with Crippen LogP contribution in [0.3, 0.4) is 0 Å². The van der Waals surface area contributed by atoms with Crippen LogP contribution >= 0.6 is 0 Å². The van der Waals surface area contributed by atoms with E-state index < -0.39 is 0 Å². The van der Waals surface area contributed by atoms with E-state index in [0.29, 0.717) is 0 Å². The smallest absolute Gasteiger partial charge is 0.0384 e. The molecule has 2 aromatic rings. The molecule has 0 bridgehead atoms. The Morgan fingerprint density at radius 2 is 2.12 bits per heavy atom. The van der Waals surface area contributed by atoms with E-state index in [1.165, 1.54) is 11.4 Å². The van der Waals surface area contributed by atoms with Crippen LogP contribution in [0.25, 0.3) is 0 Å². The Morgan fingerprint density at radius 1 is 1.24 bits per heavy atom. The molecule has 90 valence electrons. The van der Waals surface area contributed by atoms with Gasteiger partial charge in [-0.05, 0) is 30.3 Å². The zero-order valence-electron chi connectivity index (χ0n) is 10.4. The quantitative estimate of drug-likeness (QED) is 0.826. The average Bonchev–Trinajstić information content (AvgIpc) is 2.89. The topological polar surface area (TPSA) is 31.1 Å². The van der Waals surface area contributed by atoms with Crippen LogP contribution in [-0.4, -0.2) is 25.6 Å². The molecule has 0 unspecified atom stereocenters. The lowest BCUT2D eigenvalue weighted by molar-refractivity contribution is 0.859. The number of aromatic nitrogens is 1. The number of H-pyrrole nitrogens is 1. The summed E-state index contributed by atoms with van der Waals surface area (Å²) in [5.41, 5.74) is 3.67. The summed E-state index contributed by atoms with van der Waals surface area (Å²) in [6.07, 6.45) is 3.00. The third-order valence-electron chi connectivity index (χ3n) is 2.95. The molecule has 1 heterocycles. The maximum atomic E-state index is 3.23. The zero-order chi connectivity index (χ0) is 12.1. The van der Waals surface area contributed by atoms with E-state index in [1.807, 2.05) is 19.3 Å². The Balaban J connectivity index is 1.96. The third kappa shape index (κ3) is 3.03. The van der Waals surface area contributed by atoms with Gasteiger partial charge in [0.15, 0.2) is 0 Å². The van der Waals surface area contributed by atoms with E-state index in [9.17, 15) is 0 Å². The molecular weight excluding hydrogens is 210 g/mol. The number of anilines is 2. The number of benzene rings is 1. The maximum Gasteiger partial charge on any atom is 0.0384 e. The first-order chi connectivity index (χ1) is 8.29. The molecule has 17 heavy (non-hydrogen) atoms. The summed E-state index contributed by atoms with van der Waals surface area (Å²) in [4.78, 5) is 5.49. The predicted molar refractivity (Wildman–Crippen MR) is 73.8 cm³/mol. The Kier molecular flexibility index (Phi) is 3.70. The minimum atomic E-state index is 1.01. The van der Waals surface area contributed by atoms with Crippen molar-refractivity contribution < 1.29 is 0 Å². The molecule has 0 saturated heterocycles. The van der Waals surface area contributed by atoms with Crippen molar-refractivity contribution in [3.63, 3.8) is 0 Å². The highest BCUT2D eigenvalue weighted by atomic mass is 15.1. The van der Waals surface area contributed by atoms with Crippen molar-refractivity contribution in [2.24, 2.45) is 0 Å². The van der Waals surface area contributed by atoms with E-state index >= 15 is 0 Å². The second-order valence-electron chi connectivity index (χ2n) is 4.17. The van der Waals surface area contributed by atoms with Crippen LogP contribution in [0.2, 0.25) is 0 Å². The lowest BCUT2D eigenvalue weighted by atomic mass is 10.2. The van der Waals surface area contributed by atoms with E-state index in [1.54, 1.807) is 0 Å². The Morgan fingerprint density at radius 3 is 2.82 bits per heavy atom. The monoisotopic (exact) mass is 229 g/mol. The first kappa shape index (κ1) is 11.6. The van der Waals surface area contributed by atoms with Gasteiger partial charge in [-0.3, -0.25) is 0 Å². The molecule has 0 saturated carbocycles. The maximum absolute atomic E-state index is 3.23. The van der Waals surface area contributed by atoms with Gasteiger partial charge in [-0.25, -0.2) is 0 Å². The standard InChI is InChI=1S/C14H19N3/c1-15-13-5-3-7-14(11-13)17(2)10-8-12-6-4-9-16-12/h3-7,9,11,15-16H,8,10H2,1-2H3. The van der Waals surface area contributed by atoms with Gasteiger partial charge >= 0.3 is 0 Å². The molecule has 0 aliphatic carbocycles. The van der Waals surface area contributed by atoms with E-state index in [0.717, 1.165) is 18.7 Å². The van der Waals surface area contributed by atoms with Gasteiger partial charge in [0, 0.05) is 50.3 Å². The van der Waals surface area contributed by atoms with Crippen molar-refractivity contribution >= 4 is 11.4 Å². The molecular formula is C14H19N3. The Hall–Kier alpha value is -1.90. The van der Waals surface area contributed by atoms with Crippen molar-refractivity contribution in [2.45, 2.75) is 6.42 Å². The van der Waals surface area contributed by atoms with Crippen LogP contribution in [0.15, 0.2) is 42.6 Å². The molecule has 0 aliphatic rings. The number of aromatic amines is 1. The first-order valence-corrected chi connectivity index (χ1v) is 5.91. The lowest BCUT2D eigenvalue weighted by Crippen LogP contribution is -2.20. The van der Waals surface area contributed by atoms with Crippen molar-refractivity contribution in [1.82, 2.24) is 4.98 Å². The summed E-state index contributed by atoms with van der Waals surface area (Å²) < 4.78 is 0. The van der Waals surface area contributed by atoms with Gasteiger partial charge in [0.2, 0.25) is 0 Å². The molecule has 0 atom stereocenters. The van der Waals surface area contributed by atoms with Gasteiger partial charge in [0.1, 0.15) is 0 Å². The van der Waals surface area contributed by atoms with Gasteiger partial charge < -0.3 is 15.2 Å². The van der Waals surface area contributed by atoms with Crippen molar-refractivity contribution in [3.05, 3.63) is 48.3 Å². The van der Waals surface area contributed by atoms with Crippen LogP contribution in [0.4, 0.5) is 11.4 Å². The van der Waals surface area contributed by atoms with Gasteiger partial charge in [-0.15, -0.1) is 0 Å². The molecule has 3 nitrogen and oxygen atoms in total. The molecule has 0 fully saturated rings. The van der Waals surface area contributed by atoms with E-state index in [4.69, 9.17) is 0 Å².